The number of ether oxygens (including phenoxy) is 2. The van der Waals surface area contributed by atoms with Crippen LogP contribution in [0.25, 0.3) is 0 Å². The molecule has 0 aliphatic rings. The van der Waals surface area contributed by atoms with Crippen molar-refractivity contribution in [3.63, 3.8) is 0 Å². The monoisotopic (exact) mass is 624 g/mol. The van der Waals surface area contributed by atoms with Crippen molar-refractivity contribution in [3.8, 4) is 23.0 Å². The van der Waals surface area contributed by atoms with Gasteiger partial charge < -0.3 is 9.47 Å². The molecule has 6 rings (SSSR count). The molecule has 0 aliphatic carbocycles. The Morgan fingerprint density at radius 1 is 0.404 bits per heavy atom. The molecule has 6 aromatic rings. The van der Waals surface area contributed by atoms with E-state index >= 15 is 8.78 Å². The first kappa shape index (κ1) is 31.1. The molecular weight excluding hydrogens is 594 g/mol. The molecule has 0 saturated carbocycles. The minimum absolute atomic E-state index is 0.0938. The fourth-order valence-corrected chi connectivity index (χ4v) is 5.00. The molecule has 4 nitrogen and oxygen atoms in total. The van der Waals surface area contributed by atoms with Gasteiger partial charge in [-0.1, -0.05) is 59.7 Å². The van der Waals surface area contributed by atoms with Gasteiger partial charge >= 0.3 is 0 Å². The minimum Gasteiger partial charge on any atom is -0.457 e. The molecule has 0 aliphatic heterocycles. The Hall–Kier alpha value is -5.88. The summed E-state index contributed by atoms with van der Waals surface area (Å²) in [4.78, 5) is 25.5. The molecule has 47 heavy (non-hydrogen) atoms. The van der Waals surface area contributed by atoms with E-state index in [0.29, 0.717) is 45.3 Å². The quantitative estimate of drug-likeness (QED) is 0.142. The molecule has 0 atom stereocenters. The number of carbonyl (C=O) groups excluding carboxylic acids is 2. The van der Waals surface area contributed by atoms with Crippen molar-refractivity contribution in [2.45, 2.75) is 19.8 Å². The van der Waals surface area contributed by atoms with Crippen LogP contribution in [0.1, 0.15) is 54.1 Å². The van der Waals surface area contributed by atoms with Crippen molar-refractivity contribution in [1.82, 2.24) is 0 Å². The second-order valence-electron chi connectivity index (χ2n) is 11.3. The first-order valence-electron chi connectivity index (χ1n) is 15.0. The molecule has 0 N–H and O–H groups in total. The van der Waals surface area contributed by atoms with Crippen LogP contribution in [0, 0.1) is 13.8 Å². The zero-order chi connectivity index (χ0) is 33.0. The summed E-state index contributed by atoms with van der Waals surface area (Å²) >= 11 is 0. The van der Waals surface area contributed by atoms with Gasteiger partial charge in [-0.2, -0.15) is 8.78 Å². The van der Waals surface area contributed by atoms with Crippen molar-refractivity contribution in [3.05, 3.63) is 190 Å². The lowest BCUT2D eigenvalue weighted by Gasteiger charge is -2.18. The number of benzene rings is 6. The first-order chi connectivity index (χ1) is 22.7. The van der Waals surface area contributed by atoms with Crippen LogP contribution in [-0.2, 0) is 5.92 Å². The van der Waals surface area contributed by atoms with Gasteiger partial charge in [0.2, 0.25) is 0 Å². The maximum Gasteiger partial charge on any atom is 0.298 e. The molecule has 0 spiro atoms. The van der Waals surface area contributed by atoms with Crippen molar-refractivity contribution in [2.24, 2.45) is 0 Å². The van der Waals surface area contributed by atoms with Crippen LogP contribution in [0.4, 0.5) is 8.78 Å². The van der Waals surface area contributed by atoms with Crippen LogP contribution < -0.4 is 9.47 Å². The highest BCUT2D eigenvalue weighted by atomic mass is 19.3. The topological polar surface area (TPSA) is 52.6 Å². The van der Waals surface area contributed by atoms with Gasteiger partial charge in [-0.3, -0.25) is 9.59 Å². The second-order valence-corrected chi connectivity index (χ2v) is 11.3. The highest BCUT2D eigenvalue weighted by Crippen LogP contribution is 2.38. The fourth-order valence-electron chi connectivity index (χ4n) is 5.00. The van der Waals surface area contributed by atoms with E-state index in [2.05, 4.69) is 0 Å². The molecule has 0 aromatic heterocycles. The zero-order valence-corrected chi connectivity index (χ0v) is 25.7. The average molecular weight is 625 g/mol. The van der Waals surface area contributed by atoms with Crippen LogP contribution in [0.2, 0.25) is 0 Å². The number of hydrogen-bond donors (Lipinski definition) is 0. The number of hydrogen-bond acceptors (Lipinski definition) is 4. The molecule has 0 bridgehead atoms. The highest BCUT2D eigenvalue weighted by Gasteiger charge is 2.34. The van der Waals surface area contributed by atoms with Gasteiger partial charge in [-0.25, -0.2) is 0 Å². The third-order valence-corrected chi connectivity index (χ3v) is 7.77. The lowest BCUT2D eigenvalue weighted by molar-refractivity contribution is 0.0427. The summed E-state index contributed by atoms with van der Waals surface area (Å²) in [5, 5.41) is 0. The number of alkyl halides is 2. The Kier molecular flexibility index (Phi) is 8.76. The molecular formula is C41H30F2O4. The molecule has 0 unspecified atom stereocenters. The summed E-state index contributed by atoms with van der Waals surface area (Å²) in [5.74, 6) is -1.71. The van der Waals surface area contributed by atoms with Crippen molar-refractivity contribution in [2.75, 3.05) is 0 Å². The molecule has 232 valence electrons. The van der Waals surface area contributed by atoms with E-state index in [1.165, 1.54) is 48.5 Å². The van der Waals surface area contributed by atoms with E-state index in [1.807, 2.05) is 38.1 Å². The number of carbonyl (C=O) groups is 2. The predicted molar refractivity (Wildman–Crippen MR) is 178 cm³/mol. The lowest BCUT2D eigenvalue weighted by atomic mass is 10.00. The SMILES string of the molecule is Cc1ccc(C(=O)c2ccc(Oc3ccc(C(F)(F)c4ccc(Oc5ccc(C(=O)c6ccc(C)cc6)cc5)cc4)cc3)cc2)cc1. The van der Waals surface area contributed by atoms with Gasteiger partial charge in [-0.15, -0.1) is 0 Å². The fraction of sp³-hybridized carbons (Fsp3) is 0.0732. The summed E-state index contributed by atoms with van der Waals surface area (Å²) in [6.07, 6.45) is 0. The smallest absolute Gasteiger partial charge is 0.298 e. The van der Waals surface area contributed by atoms with Crippen LogP contribution >= 0.6 is 0 Å². The number of rotatable bonds is 10. The molecule has 0 saturated heterocycles. The molecule has 0 fully saturated rings. The molecule has 0 radical (unpaired) electrons. The summed E-state index contributed by atoms with van der Waals surface area (Å²) < 4.78 is 42.5. The molecule has 0 heterocycles. The van der Waals surface area contributed by atoms with E-state index in [9.17, 15) is 9.59 Å². The first-order valence-corrected chi connectivity index (χ1v) is 15.0. The lowest BCUT2D eigenvalue weighted by Crippen LogP contribution is -2.14. The van der Waals surface area contributed by atoms with E-state index in [-0.39, 0.29) is 22.7 Å². The number of ketones is 2. The summed E-state index contributed by atoms with van der Waals surface area (Å²) in [7, 11) is 0. The average Bonchev–Trinajstić information content (AvgIpc) is 3.09. The second kappa shape index (κ2) is 13.2. The Balaban J connectivity index is 1.06. The number of aryl methyl sites for hydroxylation is 2. The largest absolute Gasteiger partial charge is 0.457 e. The van der Waals surface area contributed by atoms with E-state index < -0.39 is 5.92 Å². The molecule has 0 amide bonds. The van der Waals surface area contributed by atoms with Crippen molar-refractivity contribution < 1.29 is 27.8 Å². The summed E-state index contributed by atoms with van der Waals surface area (Å²) in [6.45, 7) is 3.92. The molecule has 6 heteroatoms. The van der Waals surface area contributed by atoms with Crippen LogP contribution in [0.15, 0.2) is 146 Å². The third-order valence-electron chi connectivity index (χ3n) is 7.77. The van der Waals surface area contributed by atoms with Crippen molar-refractivity contribution in [1.29, 1.82) is 0 Å². The minimum atomic E-state index is -3.26. The standard InChI is InChI=1S/C41H30F2O4/c1-27-3-7-29(8-4-27)39(44)31-11-19-35(20-12-31)46-37-23-15-33(16-24-37)41(42,43)34-17-25-38(26-18-34)47-36-21-13-32(14-22-36)40(45)30-9-5-28(2)6-10-30/h3-26H,1-2H3. The maximum absolute atomic E-state index is 15.4. The van der Waals surface area contributed by atoms with E-state index in [4.69, 9.17) is 9.47 Å². The Morgan fingerprint density at radius 2 is 0.638 bits per heavy atom. The summed E-state index contributed by atoms with van der Waals surface area (Å²) in [5.41, 5.74) is 4.02. The van der Waals surface area contributed by atoms with Gasteiger partial charge in [0, 0.05) is 33.4 Å². The molecule has 6 aromatic carbocycles. The normalized spacial score (nSPS) is 11.1. The van der Waals surface area contributed by atoms with Crippen LogP contribution in [0.5, 0.6) is 23.0 Å². The van der Waals surface area contributed by atoms with E-state index in [0.717, 1.165) is 11.1 Å². The zero-order valence-electron chi connectivity index (χ0n) is 25.7. The van der Waals surface area contributed by atoms with Gasteiger partial charge in [0.25, 0.3) is 5.92 Å². The van der Waals surface area contributed by atoms with E-state index in [1.54, 1.807) is 72.8 Å². The Labute approximate surface area is 271 Å². The third kappa shape index (κ3) is 7.18. The van der Waals surface area contributed by atoms with Crippen LogP contribution in [-0.4, -0.2) is 11.6 Å². The van der Waals surface area contributed by atoms with Crippen LogP contribution in [0.3, 0.4) is 0 Å². The van der Waals surface area contributed by atoms with Crippen molar-refractivity contribution >= 4 is 11.6 Å². The Morgan fingerprint density at radius 3 is 0.915 bits per heavy atom. The predicted octanol–water partition coefficient (Wildman–Crippen LogP) is 10.5. The number of halogens is 2. The van der Waals surface area contributed by atoms with Gasteiger partial charge in [-0.05, 0) is 111 Å². The maximum atomic E-state index is 15.4. The Bertz CT molecular complexity index is 1850. The van der Waals surface area contributed by atoms with Gasteiger partial charge in [0.15, 0.2) is 11.6 Å². The summed E-state index contributed by atoms with van der Waals surface area (Å²) in [6, 6.07) is 39.4. The van der Waals surface area contributed by atoms with Gasteiger partial charge in [0.05, 0.1) is 0 Å². The highest BCUT2D eigenvalue weighted by molar-refractivity contribution is 6.09. The van der Waals surface area contributed by atoms with Gasteiger partial charge in [0.1, 0.15) is 23.0 Å².